The van der Waals surface area contributed by atoms with E-state index in [-0.39, 0.29) is 18.9 Å². The van der Waals surface area contributed by atoms with E-state index in [1.807, 2.05) is 18.2 Å². The zero-order valence-electron chi connectivity index (χ0n) is 17.0. The highest BCUT2D eigenvalue weighted by molar-refractivity contribution is 6.02. The number of hydrogen-bond acceptors (Lipinski definition) is 3. The SMILES string of the molecule is O=C(O)NCCC[C@@H](CNC(=O)c1cc2cccc(-c3ccc(F)cc3)c2[nH]1)NC(=O)O. The summed E-state index contributed by atoms with van der Waals surface area (Å²) in [5.41, 5.74) is 2.64. The first-order chi connectivity index (χ1) is 15.3. The molecule has 0 unspecified atom stereocenters. The number of carboxylic acid groups (broad SMARTS) is 2. The smallest absolute Gasteiger partial charge is 0.404 e. The molecular formula is C22H23FN4O5. The van der Waals surface area contributed by atoms with Gasteiger partial charge < -0.3 is 31.1 Å². The van der Waals surface area contributed by atoms with Gasteiger partial charge in [-0.3, -0.25) is 4.79 Å². The van der Waals surface area contributed by atoms with Crippen molar-refractivity contribution in [1.82, 2.24) is 20.9 Å². The van der Waals surface area contributed by atoms with E-state index in [4.69, 9.17) is 10.2 Å². The molecule has 0 radical (unpaired) electrons. The highest BCUT2D eigenvalue weighted by atomic mass is 19.1. The summed E-state index contributed by atoms with van der Waals surface area (Å²) in [5.74, 6) is -0.747. The molecule has 0 fully saturated rings. The monoisotopic (exact) mass is 442 g/mol. The van der Waals surface area contributed by atoms with Gasteiger partial charge in [0.05, 0.1) is 5.52 Å². The minimum Gasteiger partial charge on any atom is -0.465 e. The lowest BCUT2D eigenvalue weighted by atomic mass is 10.0. The first-order valence-corrected chi connectivity index (χ1v) is 9.95. The maximum Gasteiger partial charge on any atom is 0.404 e. The van der Waals surface area contributed by atoms with Gasteiger partial charge in [-0.25, -0.2) is 14.0 Å². The fourth-order valence-corrected chi connectivity index (χ4v) is 3.40. The maximum absolute atomic E-state index is 13.3. The van der Waals surface area contributed by atoms with Crippen LogP contribution in [0, 0.1) is 5.82 Å². The third-order valence-electron chi connectivity index (χ3n) is 4.90. The van der Waals surface area contributed by atoms with Gasteiger partial charge in [0, 0.05) is 30.1 Å². The Bertz CT molecular complexity index is 1110. The van der Waals surface area contributed by atoms with E-state index in [0.717, 1.165) is 22.0 Å². The molecule has 6 N–H and O–H groups in total. The van der Waals surface area contributed by atoms with E-state index >= 15 is 0 Å². The second-order valence-electron chi connectivity index (χ2n) is 7.19. The van der Waals surface area contributed by atoms with Gasteiger partial charge in [0.1, 0.15) is 11.5 Å². The second kappa shape index (κ2) is 10.3. The molecule has 0 spiro atoms. The molecule has 1 aromatic heterocycles. The average molecular weight is 442 g/mol. The van der Waals surface area contributed by atoms with E-state index in [0.29, 0.717) is 18.5 Å². The van der Waals surface area contributed by atoms with Crippen molar-refractivity contribution >= 4 is 29.0 Å². The molecule has 168 valence electrons. The van der Waals surface area contributed by atoms with Gasteiger partial charge in [0.25, 0.3) is 5.91 Å². The van der Waals surface area contributed by atoms with Crippen LogP contribution in [0.1, 0.15) is 23.3 Å². The van der Waals surface area contributed by atoms with Gasteiger partial charge in [-0.05, 0) is 36.6 Å². The molecule has 0 aliphatic rings. The summed E-state index contributed by atoms with van der Waals surface area (Å²) in [6, 6.07) is 12.7. The molecule has 1 atom stereocenters. The molecule has 1 heterocycles. The van der Waals surface area contributed by atoms with Crippen LogP contribution in [-0.2, 0) is 0 Å². The predicted octanol–water partition coefficient (Wildman–Crippen LogP) is 3.39. The highest BCUT2D eigenvalue weighted by Crippen LogP contribution is 2.28. The molecule has 0 aliphatic heterocycles. The summed E-state index contributed by atoms with van der Waals surface area (Å²) < 4.78 is 13.3. The minimum absolute atomic E-state index is 0.0401. The Morgan fingerprint density at radius 1 is 1.00 bits per heavy atom. The molecular weight excluding hydrogens is 419 g/mol. The number of aromatic nitrogens is 1. The molecule has 10 heteroatoms. The van der Waals surface area contributed by atoms with Crippen molar-refractivity contribution in [3.8, 4) is 11.1 Å². The van der Waals surface area contributed by atoms with Crippen molar-refractivity contribution in [2.24, 2.45) is 0 Å². The first-order valence-electron chi connectivity index (χ1n) is 9.95. The Morgan fingerprint density at radius 2 is 1.75 bits per heavy atom. The molecule has 32 heavy (non-hydrogen) atoms. The van der Waals surface area contributed by atoms with Crippen LogP contribution in [-0.4, -0.2) is 52.4 Å². The predicted molar refractivity (Wildman–Crippen MR) is 116 cm³/mol. The van der Waals surface area contributed by atoms with Gasteiger partial charge in [-0.15, -0.1) is 0 Å². The number of amides is 3. The highest BCUT2D eigenvalue weighted by Gasteiger charge is 2.16. The van der Waals surface area contributed by atoms with Crippen molar-refractivity contribution in [3.05, 3.63) is 60.0 Å². The van der Waals surface area contributed by atoms with Crippen molar-refractivity contribution in [3.63, 3.8) is 0 Å². The molecule has 3 rings (SSSR count). The fraction of sp³-hybridized carbons (Fsp3) is 0.227. The Hall–Kier alpha value is -4.08. The average Bonchev–Trinajstić information content (AvgIpc) is 3.19. The molecule has 3 aromatic rings. The first kappa shape index (κ1) is 22.6. The van der Waals surface area contributed by atoms with Gasteiger partial charge in [0.2, 0.25) is 0 Å². The molecule has 9 nitrogen and oxygen atoms in total. The second-order valence-corrected chi connectivity index (χ2v) is 7.19. The number of benzene rings is 2. The van der Waals surface area contributed by atoms with Crippen molar-refractivity contribution < 1.29 is 29.0 Å². The normalized spacial score (nSPS) is 11.7. The molecule has 3 amide bonds. The minimum atomic E-state index is -1.23. The standard InChI is InChI=1S/C22H23FN4O5/c23-15-8-6-13(7-9-15)17-5-1-3-14-11-18(27-19(14)17)20(28)25-12-16(26-22(31)32)4-2-10-24-21(29)30/h1,3,5-9,11,16,24,26-27H,2,4,10,12H2,(H,25,28)(H,29,30)(H,31,32)/t16-/m0/s1. The van der Waals surface area contributed by atoms with Crippen LogP contribution in [0.2, 0.25) is 0 Å². The van der Waals surface area contributed by atoms with Crippen LogP contribution in [0.5, 0.6) is 0 Å². The quantitative estimate of drug-likeness (QED) is 0.282. The Balaban J connectivity index is 1.69. The van der Waals surface area contributed by atoms with E-state index in [1.54, 1.807) is 18.2 Å². The summed E-state index contributed by atoms with van der Waals surface area (Å²) in [5, 5.41) is 25.6. The summed E-state index contributed by atoms with van der Waals surface area (Å²) in [7, 11) is 0. The zero-order chi connectivity index (χ0) is 23.1. The molecule has 0 saturated heterocycles. The van der Waals surface area contributed by atoms with Gasteiger partial charge in [-0.1, -0.05) is 30.3 Å². The van der Waals surface area contributed by atoms with E-state index in [2.05, 4.69) is 20.9 Å². The van der Waals surface area contributed by atoms with E-state index in [1.165, 1.54) is 12.1 Å². The number of para-hydroxylation sites is 1. The topological polar surface area (TPSA) is 144 Å². The Morgan fingerprint density at radius 3 is 2.44 bits per heavy atom. The fourth-order valence-electron chi connectivity index (χ4n) is 3.40. The largest absolute Gasteiger partial charge is 0.465 e. The summed E-state index contributed by atoms with van der Waals surface area (Å²) in [6.45, 7) is 0.216. The number of carbonyl (C=O) groups is 3. The number of rotatable bonds is 9. The van der Waals surface area contributed by atoms with Gasteiger partial charge in [0.15, 0.2) is 0 Å². The van der Waals surface area contributed by atoms with Crippen molar-refractivity contribution in [2.75, 3.05) is 13.1 Å². The van der Waals surface area contributed by atoms with Crippen LogP contribution >= 0.6 is 0 Å². The number of fused-ring (bicyclic) bond motifs is 1. The lowest BCUT2D eigenvalue weighted by molar-refractivity contribution is 0.0943. The van der Waals surface area contributed by atoms with Crippen molar-refractivity contribution in [2.45, 2.75) is 18.9 Å². The molecule has 0 aliphatic carbocycles. The summed E-state index contributed by atoms with van der Waals surface area (Å²) >= 11 is 0. The Kier molecular flexibility index (Phi) is 7.27. The van der Waals surface area contributed by atoms with Crippen molar-refractivity contribution in [1.29, 1.82) is 0 Å². The lowest BCUT2D eigenvalue weighted by Crippen LogP contribution is -2.43. The third-order valence-corrected chi connectivity index (χ3v) is 4.90. The maximum atomic E-state index is 13.3. The lowest BCUT2D eigenvalue weighted by Gasteiger charge is -2.17. The van der Waals surface area contributed by atoms with E-state index < -0.39 is 24.1 Å². The van der Waals surface area contributed by atoms with Crippen LogP contribution in [0.4, 0.5) is 14.0 Å². The number of halogens is 1. The van der Waals surface area contributed by atoms with Crippen LogP contribution < -0.4 is 16.0 Å². The number of H-pyrrole nitrogens is 1. The molecule has 0 saturated carbocycles. The van der Waals surface area contributed by atoms with Gasteiger partial charge >= 0.3 is 12.2 Å². The molecule has 0 bridgehead atoms. The number of carbonyl (C=O) groups excluding carboxylic acids is 1. The van der Waals surface area contributed by atoms with Crippen LogP contribution in [0.3, 0.4) is 0 Å². The van der Waals surface area contributed by atoms with E-state index in [9.17, 15) is 18.8 Å². The number of hydrogen-bond donors (Lipinski definition) is 6. The summed E-state index contributed by atoms with van der Waals surface area (Å²) in [6.07, 6.45) is -1.64. The molecule has 2 aromatic carbocycles. The number of aromatic amines is 1. The third kappa shape index (κ3) is 5.97. The van der Waals surface area contributed by atoms with Crippen LogP contribution in [0.25, 0.3) is 22.0 Å². The summed E-state index contributed by atoms with van der Waals surface area (Å²) in [4.78, 5) is 37.3. The number of nitrogens with one attached hydrogen (secondary N) is 4. The van der Waals surface area contributed by atoms with Gasteiger partial charge in [-0.2, -0.15) is 0 Å². The Labute approximate surface area is 182 Å². The van der Waals surface area contributed by atoms with Crippen LogP contribution in [0.15, 0.2) is 48.5 Å². The zero-order valence-corrected chi connectivity index (χ0v) is 17.0.